The minimum absolute atomic E-state index is 0.127. The first-order chi connectivity index (χ1) is 7.11. The van der Waals surface area contributed by atoms with Gasteiger partial charge in [-0.3, -0.25) is 0 Å². The first kappa shape index (κ1) is 16.6. The van der Waals surface area contributed by atoms with Crippen LogP contribution in [0, 0.1) is 0 Å². The van der Waals surface area contributed by atoms with Gasteiger partial charge in [-0.2, -0.15) is 0 Å². The maximum Gasteiger partial charge on any atom is 0.137 e. The van der Waals surface area contributed by atoms with Crippen LogP contribution in [-0.4, -0.2) is 5.11 Å². The third-order valence-electron chi connectivity index (χ3n) is 1.91. The van der Waals surface area contributed by atoms with Crippen LogP contribution < -0.4 is 0 Å². The summed E-state index contributed by atoms with van der Waals surface area (Å²) in [5, 5.41) is 9.19. The van der Waals surface area contributed by atoms with Crippen molar-refractivity contribution in [2.75, 3.05) is 0 Å². The van der Waals surface area contributed by atoms with Gasteiger partial charge in [0.25, 0.3) is 0 Å². The van der Waals surface area contributed by atoms with E-state index >= 15 is 0 Å². The van der Waals surface area contributed by atoms with Crippen molar-refractivity contribution in [3.8, 4) is 0 Å². The molecule has 0 spiro atoms. The Labute approximate surface area is 93.7 Å². The van der Waals surface area contributed by atoms with E-state index in [1.165, 1.54) is 5.57 Å². The van der Waals surface area contributed by atoms with Crippen LogP contribution >= 0.6 is 0 Å². The molecule has 1 N–H and O–H groups in total. The molecule has 0 aliphatic rings. The molecular weight excluding hydrogens is 191 g/mol. The average molecular weight is 216 g/mol. The van der Waals surface area contributed by atoms with Crippen LogP contribution in [0.4, 0.5) is 4.39 Å². The molecule has 0 saturated carbocycles. The Balaban J connectivity index is 0. The van der Waals surface area contributed by atoms with Gasteiger partial charge in [-0.25, -0.2) is 4.39 Å². The third-order valence-corrected chi connectivity index (χ3v) is 1.91. The molecule has 0 unspecified atom stereocenters. The molecule has 0 heterocycles. The Morgan fingerprint density at radius 3 is 2.20 bits per heavy atom. The normalized spacial score (nSPS) is 12.8. The summed E-state index contributed by atoms with van der Waals surface area (Å²) < 4.78 is 12.8. The van der Waals surface area contributed by atoms with Gasteiger partial charge in [0.2, 0.25) is 0 Å². The van der Waals surface area contributed by atoms with Crippen LogP contribution in [0.25, 0.3) is 0 Å². The van der Waals surface area contributed by atoms with Crippen LogP contribution in [0.3, 0.4) is 0 Å². The van der Waals surface area contributed by atoms with Crippen molar-refractivity contribution in [2.24, 2.45) is 0 Å². The van der Waals surface area contributed by atoms with E-state index in [0.717, 1.165) is 12.8 Å². The number of rotatable bonds is 5. The number of aliphatic hydroxyl groups is 1. The van der Waals surface area contributed by atoms with E-state index in [1.807, 2.05) is 26.8 Å². The highest BCUT2D eigenvalue weighted by molar-refractivity contribution is 5.08. The lowest BCUT2D eigenvalue weighted by Crippen LogP contribution is -1.85. The lowest BCUT2D eigenvalue weighted by atomic mass is 10.1. The van der Waals surface area contributed by atoms with Crippen LogP contribution in [0.2, 0.25) is 0 Å². The first-order valence-electron chi connectivity index (χ1n) is 5.83. The summed E-state index contributed by atoms with van der Waals surface area (Å²) in [7, 11) is 0. The van der Waals surface area contributed by atoms with Gasteiger partial charge >= 0.3 is 0 Å². The second-order valence-electron chi connectivity index (χ2n) is 3.21. The minimum Gasteiger partial charge on any atom is -0.509 e. The van der Waals surface area contributed by atoms with Gasteiger partial charge in [-0.05, 0) is 19.8 Å². The molecule has 1 nitrogen and oxygen atoms in total. The van der Waals surface area contributed by atoms with E-state index in [2.05, 4.69) is 6.92 Å². The molecule has 2 heteroatoms. The molecule has 0 aromatic rings. The molecule has 90 valence electrons. The summed E-state index contributed by atoms with van der Waals surface area (Å²) in [5.74, 6) is -0.529. The fraction of sp³-hybridized carbons (Fsp3) is 0.692. The lowest BCUT2D eigenvalue weighted by molar-refractivity contribution is 0.365. The summed E-state index contributed by atoms with van der Waals surface area (Å²) in [6, 6.07) is 0. The van der Waals surface area contributed by atoms with E-state index < -0.39 is 5.83 Å². The van der Waals surface area contributed by atoms with Gasteiger partial charge < -0.3 is 5.11 Å². The predicted octanol–water partition coefficient (Wildman–Crippen LogP) is 5.30. The van der Waals surface area contributed by atoms with E-state index in [9.17, 15) is 9.50 Å². The Hall–Kier alpha value is -0.790. The van der Waals surface area contributed by atoms with Crippen molar-refractivity contribution in [3.05, 3.63) is 23.2 Å². The molecule has 0 aliphatic carbocycles. The summed E-state index contributed by atoms with van der Waals surface area (Å²) >= 11 is 0. The topological polar surface area (TPSA) is 20.2 Å². The van der Waals surface area contributed by atoms with Crippen LogP contribution in [-0.2, 0) is 0 Å². The SMILES string of the molecule is CC.CCC/C(C)=C/C/C(O)=C(/F)CC. The van der Waals surface area contributed by atoms with E-state index in [-0.39, 0.29) is 12.2 Å². The molecule has 0 amide bonds. The van der Waals surface area contributed by atoms with Crippen LogP contribution in [0.1, 0.15) is 60.3 Å². The second kappa shape index (κ2) is 11.3. The third kappa shape index (κ3) is 9.51. The monoisotopic (exact) mass is 216 g/mol. The summed E-state index contributed by atoms with van der Waals surface area (Å²) in [6.45, 7) is 9.79. The Kier molecular flexibility index (Phi) is 12.5. The van der Waals surface area contributed by atoms with Gasteiger partial charge in [0.05, 0.1) is 0 Å². The summed E-state index contributed by atoms with van der Waals surface area (Å²) in [5.41, 5.74) is 1.21. The van der Waals surface area contributed by atoms with E-state index in [0.29, 0.717) is 6.42 Å². The highest BCUT2D eigenvalue weighted by Gasteiger charge is 2.00. The van der Waals surface area contributed by atoms with Crippen LogP contribution in [0.15, 0.2) is 23.2 Å². The van der Waals surface area contributed by atoms with Gasteiger partial charge in [0, 0.05) is 6.42 Å². The molecule has 0 bridgehead atoms. The molecular formula is C13H25FO. The smallest absolute Gasteiger partial charge is 0.137 e. The molecule has 0 saturated heterocycles. The highest BCUT2D eigenvalue weighted by Crippen LogP contribution is 2.13. The minimum atomic E-state index is -0.402. The Morgan fingerprint density at radius 1 is 1.27 bits per heavy atom. The van der Waals surface area contributed by atoms with Gasteiger partial charge in [0.1, 0.15) is 11.6 Å². The van der Waals surface area contributed by atoms with Crippen molar-refractivity contribution in [3.63, 3.8) is 0 Å². The Morgan fingerprint density at radius 2 is 1.80 bits per heavy atom. The summed E-state index contributed by atoms with van der Waals surface area (Å²) in [4.78, 5) is 0. The fourth-order valence-corrected chi connectivity index (χ4v) is 1.08. The molecule has 0 fully saturated rings. The molecule has 15 heavy (non-hydrogen) atoms. The van der Waals surface area contributed by atoms with Crippen molar-refractivity contribution in [1.29, 1.82) is 0 Å². The standard InChI is InChI=1S/C11H19FO.C2H6/c1-4-6-9(3)7-8-11(13)10(12)5-2;1-2/h7,13H,4-6,8H2,1-3H3;1-2H3/b9-7+,11-10-;. The molecule has 0 aliphatic heterocycles. The number of aliphatic hydroxyl groups excluding tert-OH is 1. The number of hydrogen-bond donors (Lipinski definition) is 1. The predicted molar refractivity (Wildman–Crippen MR) is 65.7 cm³/mol. The van der Waals surface area contributed by atoms with Crippen molar-refractivity contribution >= 4 is 0 Å². The highest BCUT2D eigenvalue weighted by atomic mass is 19.1. The molecule has 0 aromatic heterocycles. The maximum absolute atomic E-state index is 12.8. The summed E-state index contributed by atoms with van der Waals surface area (Å²) in [6.07, 6.45) is 4.58. The van der Waals surface area contributed by atoms with Crippen LogP contribution in [0.5, 0.6) is 0 Å². The quantitative estimate of drug-likeness (QED) is 0.488. The van der Waals surface area contributed by atoms with Crippen molar-refractivity contribution in [1.82, 2.24) is 0 Å². The zero-order chi connectivity index (χ0) is 12.3. The first-order valence-corrected chi connectivity index (χ1v) is 5.83. The second-order valence-corrected chi connectivity index (χ2v) is 3.21. The van der Waals surface area contributed by atoms with E-state index in [4.69, 9.17) is 0 Å². The molecule has 0 atom stereocenters. The largest absolute Gasteiger partial charge is 0.509 e. The van der Waals surface area contributed by atoms with Crippen molar-refractivity contribution < 1.29 is 9.50 Å². The zero-order valence-electron chi connectivity index (χ0n) is 10.7. The zero-order valence-corrected chi connectivity index (χ0v) is 10.7. The van der Waals surface area contributed by atoms with E-state index in [1.54, 1.807) is 6.92 Å². The molecule has 0 aromatic carbocycles. The maximum atomic E-state index is 12.8. The average Bonchev–Trinajstić information content (AvgIpc) is 2.28. The van der Waals surface area contributed by atoms with Gasteiger partial charge in [-0.1, -0.05) is 45.8 Å². The van der Waals surface area contributed by atoms with Crippen molar-refractivity contribution in [2.45, 2.75) is 60.3 Å². The van der Waals surface area contributed by atoms with Gasteiger partial charge in [0.15, 0.2) is 0 Å². The number of halogens is 1. The van der Waals surface area contributed by atoms with Gasteiger partial charge in [-0.15, -0.1) is 0 Å². The lowest BCUT2D eigenvalue weighted by Gasteiger charge is -2.00. The molecule has 0 radical (unpaired) electrons. The number of hydrogen-bond acceptors (Lipinski definition) is 1. The molecule has 0 rings (SSSR count). The number of allylic oxidation sites excluding steroid dienone is 3. The Bertz CT molecular complexity index is 205. The fourth-order valence-electron chi connectivity index (χ4n) is 1.08.